The summed E-state index contributed by atoms with van der Waals surface area (Å²) in [6.07, 6.45) is -1.80. The Kier molecular flexibility index (Phi) is 5.39. The molecule has 0 aliphatic carbocycles. The number of aliphatic hydroxyl groups excluding tert-OH is 2. The van der Waals surface area contributed by atoms with Crippen molar-refractivity contribution in [2.45, 2.75) is 27.9 Å². The van der Waals surface area contributed by atoms with E-state index < -0.39 is 46.8 Å². The van der Waals surface area contributed by atoms with Gasteiger partial charge in [-0.3, -0.25) is 14.4 Å². The van der Waals surface area contributed by atoms with Crippen LogP contribution in [0.5, 0.6) is 0 Å². The van der Waals surface area contributed by atoms with Gasteiger partial charge < -0.3 is 25.5 Å². The average Bonchev–Trinajstić information content (AvgIpc) is 2.34. The van der Waals surface area contributed by atoms with Gasteiger partial charge in [0.05, 0.1) is 0 Å². The van der Waals surface area contributed by atoms with Crippen molar-refractivity contribution in [2.24, 2.45) is 0 Å². The van der Waals surface area contributed by atoms with Crippen molar-refractivity contribution in [3.8, 4) is 0 Å². The fourth-order valence-electron chi connectivity index (χ4n) is 1.16. The molecule has 0 heterocycles. The van der Waals surface area contributed by atoms with Crippen molar-refractivity contribution in [1.82, 2.24) is 0 Å². The SMILES string of the molecule is O=CC(O)([C@@](O)(C=O)C(O)Cl)[C@@](O)(C=O)C(O)Cl. The van der Waals surface area contributed by atoms with Crippen molar-refractivity contribution in [3.63, 3.8) is 0 Å². The summed E-state index contributed by atoms with van der Waals surface area (Å²) in [7, 11) is 0. The summed E-state index contributed by atoms with van der Waals surface area (Å²) in [6, 6.07) is 0. The molecule has 2 unspecified atom stereocenters. The number of hydrogen-bond donors (Lipinski definition) is 5. The van der Waals surface area contributed by atoms with E-state index in [1.807, 2.05) is 0 Å². The van der Waals surface area contributed by atoms with Crippen molar-refractivity contribution in [1.29, 1.82) is 0 Å². The first-order valence-electron chi connectivity index (χ1n) is 4.27. The molecule has 0 aliphatic rings. The zero-order valence-corrected chi connectivity index (χ0v) is 10.1. The van der Waals surface area contributed by atoms with Crippen LogP contribution in [0.15, 0.2) is 0 Å². The molecule has 0 aromatic heterocycles. The number of halogens is 2. The molecule has 0 aliphatic heterocycles. The van der Waals surface area contributed by atoms with E-state index in [1.165, 1.54) is 0 Å². The predicted octanol–water partition coefficient (Wildman–Crippen LogP) is -3.11. The van der Waals surface area contributed by atoms with Gasteiger partial charge in [0.25, 0.3) is 0 Å². The lowest BCUT2D eigenvalue weighted by Crippen LogP contribution is -2.76. The van der Waals surface area contributed by atoms with E-state index in [2.05, 4.69) is 0 Å². The fraction of sp³-hybridized carbons (Fsp3) is 0.625. The molecule has 5 N–H and O–H groups in total. The van der Waals surface area contributed by atoms with Crippen molar-refractivity contribution >= 4 is 42.1 Å². The molecule has 0 radical (unpaired) electrons. The number of carbonyl (C=O) groups is 3. The molecule has 18 heavy (non-hydrogen) atoms. The minimum Gasteiger partial charge on any atom is -0.376 e. The van der Waals surface area contributed by atoms with Crippen LogP contribution in [-0.4, -0.2) is 72.3 Å². The molecule has 0 bridgehead atoms. The third-order valence-corrected chi connectivity index (χ3v) is 3.14. The molecule has 0 aromatic carbocycles. The summed E-state index contributed by atoms with van der Waals surface area (Å²) in [6.45, 7) is 0. The summed E-state index contributed by atoms with van der Waals surface area (Å²) >= 11 is 10.0. The maximum absolute atomic E-state index is 10.8. The molecular formula is C8H10Cl2O8. The number of aliphatic hydroxyl groups is 5. The molecule has 0 amide bonds. The largest absolute Gasteiger partial charge is 0.376 e. The van der Waals surface area contributed by atoms with Gasteiger partial charge in [-0.1, -0.05) is 23.2 Å². The fourth-order valence-corrected chi connectivity index (χ4v) is 1.60. The van der Waals surface area contributed by atoms with E-state index in [0.717, 1.165) is 0 Å². The summed E-state index contributed by atoms with van der Waals surface area (Å²) in [5, 5.41) is 47.0. The van der Waals surface area contributed by atoms with Gasteiger partial charge in [0, 0.05) is 0 Å². The maximum atomic E-state index is 10.8. The van der Waals surface area contributed by atoms with Gasteiger partial charge in [0.1, 0.15) is 0 Å². The lowest BCUT2D eigenvalue weighted by atomic mass is 9.73. The van der Waals surface area contributed by atoms with Crippen molar-refractivity contribution in [3.05, 3.63) is 0 Å². The number of rotatable bonds is 7. The number of hydrogen-bond acceptors (Lipinski definition) is 8. The second kappa shape index (κ2) is 5.57. The minimum absolute atomic E-state index is 0.577. The molecule has 10 heteroatoms. The Bertz CT molecular complexity index is 320. The second-order valence-electron chi connectivity index (χ2n) is 3.44. The van der Waals surface area contributed by atoms with Crippen LogP contribution in [0.2, 0.25) is 0 Å². The third kappa shape index (κ3) is 2.16. The first kappa shape index (κ1) is 17.4. The summed E-state index contributed by atoms with van der Waals surface area (Å²) < 4.78 is 0. The summed E-state index contributed by atoms with van der Waals surface area (Å²) in [5.74, 6) is 0. The molecule has 0 fully saturated rings. The monoisotopic (exact) mass is 304 g/mol. The van der Waals surface area contributed by atoms with Gasteiger partial charge in [-0.25, -0.2) is 0 Å². The van der Waals surface area contributed by atoms with E-state index in [0.29, 0.717) is 0 Å². The van der Waals surface area contributed by atoms with Gasteiger partial charge >= 0.3 is 0 Å². The molecular weight excluding hydrogens is 295 g/mol. The van der Waals surface area contributed by atoms with Gasteiger partial charge in [0.2, 0.25) is 0 Å². The Morgan fingerprint density at radius 2 is 1.06 bits per heavy atom. The Morgan fingerprint density at radius 3 is 1.17 bits per heavy atom. The third-order valence-electron chi connectivity index (χ3n) is 2.48. The minimum atomic E-state index is -3.67. The maximum Gasteiger partial charge on any atom is 0.199 e. The second-order valence-corrected chi connectivity index (χ2v) is 4.27. The zero-order valence-electron chi connectivity index (χ0n) is 8.60. The van der Waals surface area contributed by atoms with Crippen LogP contribution in [0.4, 0.5) is 0 Å². The lowest BCUT2D eigenvalue weighted by molar-refractivity contribution is -0.237. The number of aldehydes is 3. The van der Waals surface area contributed by atoms with Crippen LogP contribution in [0.25, 0.3) is 0 Å². The van der Waals surface area contributed by atoms with E-state index in [9.17, 15) is 29.7 Å². The normalized spacial score (nSPS) is 24.8. The Hall–Kier alpha value is -0.610. The van der Waals surface area contributed by atoms with Crippen LogP contribution in [-0.2, 0) is 14.4 Å². The average molecular weight is 305 g/mol. The van der Waals surface area contributed by atoms with E-state index in [4.69, 9.17) is 33.4 Å². The first-order chi connectivity index (χ1) is 8.07. The Balaban J connectivity index is 6.13. The lowest BCUT2D eigenvalue weighted by Gasteiger charge is -2.44. The molecule has 0 rings (SSSR count). The van der Waals surface area contributed by atoms with Crippen LogP contribution in [0.1, 0.15) is 0 Å². The highest BCUT2D eigenvalue weighted by Crippen LogP contribution is 2.36. The Morgan fingerprint density at radius 1 is 0.778 bits per heavy atom. The van der Waals surface area contributed by atoms with Gasteiger partial charge in [0.15, 0.2) is 46.8 Å². The molecule has 0 aromatic rings. The van der Waals surface area contributed by atoms with Crippen LogP contribution in [0, 0.1) is 0 Å². The van der Waals surface area contributed by atoms with E-state index in [-0.39, 0.29) is 0 Å². The molecule has 104 valence electrons. The van der Waals surface area contributed by atoms with Crippen LogP contribution >= 0.6 is 23.2 Å². The highest BCUT2D eigenvalue weighted by atomic mass is 35.5. The zero-order chi connectivity index (χ0) is 14.8. The van der Waals surface area contributed by atoms with Gasteiger partial charge in [-0.05, 0) is 0 Å². The number of alkyl halides is 2. The highest BCUT2D eigenvalue weighted by Gasteiger charge is 2.68. The van der Waals surface area contributed by atoms with E-state index >= 15 is 0 Å². The first-order valence-corrected chi connectivity index (χ1v) is 5.15. The molecule has 0 spiro atoms. The van der Waals surface area contributed by atoms with Crippen LogP contribution < -0.4 is 0 Å². The van der Waals surface area contributed by atoms with Crippen LogP contribution in [0.3, 0.4) is 0 Å². The summed E-state index contributed by atoms with van der Waals surface area (Å²) in [5.41, 5.74) is -15.8. The molecule has 4 atom stereocenters. The topological polar surface area (TPSA) is 152 Å². The molecule has 0 saturated carbocycles. The molecule has 8 nitrogen and oxygen atoms in total. The van der Waals surface area contributed by atoms with E-state index in [1.54, 1.807) is 0 Å². The van der Waals surface area contributed by atoms with Gasteiger partial charge in [-0.15, -0.1) is 0 Å². The summed E-state index contributed by atoms with van der Waals surface area (Å²) in [4.78, 5) is 32.2. The predicted molar refractivity (Wildman–Crippen MR) is 56.8 cm³/mol. The quantitative estimate of drug-likeness (QED) is 0.245. The highest BCUT2D eigenvalue weighted by molar-refractivity contribution is 6.23. The van der Waals surface area contributed by atoms with Gasteiger partial charge in [-0.2, -0.15) is 0 Å². The van der Waals surface area contributed by atoms with Crippen molar-refractivity contribution in [2.75, 3.05) is 0 Å². The van der Waals surface area contributed by atoms with Crippen molar-refractivity contribution < 1.29 is 39.9 Å². The molecule has 0 saturated heterocycles. The smallest absolute Gasteiger partial charge is 0.199 e. The Labute approximate surface area is 110 Å². The number of carbonyl (C=O) groups excluding carboxylic acids is 3. The standard InChI is InChI=1S/C8H10Cl2O8/c9-4(14)6(16,1-11)8(18,3-13)7(17,2-12)5(10)15/h1-5,14-18H/t4?,5?,6-,7-,8?/m1/s1.